The molecular formula is C12H22N2O3. The van der Waals surface area contributed by atoms with E-state index in [1.807, 2.05) is 20.8 Å². The standard InChI is InChI=1S/C12H22N2O3/c1-12(2,3)9(15)8-11-13-10(14-17-11)6-5-7-16-4/h9,15H,5-8H2,1-4H3. The Bertz CT molecular complexity index is 331. The third-order valence-electron chi connectivity index (χ3n) is 2.63. The van der Waals surface area contributed by atoms with Crippen molar-refractivity contribution in [1.29, 1.82) is 0 Å². The van der Waals surface area contributed by atoms with Crippen molar-refractivity contribution in [2.24, 2.45) is 5.41 Å². The highest BCUT2D eigenvalue weighted by Gasteiger charge is 2.24. The molecule has 0 bridgehead atoms. The van der Waals surface area contributed by atoms with Crippen LogP contribution in [0.25, 0.3) is 0 Å². The molecule has 0 aliphatic carbocycles. The fourth-order valence-corrected chi connectivity index (χ4v) is 1.32. The van der Waals surface area contributed by atoms with Gasteiger partial charge >= 0.3 is 0 Å². The summed E-state index contributed by atoms with van der Waals surface area (Å²) < 4.78 is 10.1. The zero-order chi connectivity index (χ0) is 12.9. The van der Waals surface area contributed by atoms with Crippen molar-refractivity contribution in [3.63, 3.8) is 0 Å². The van der Waals surface area contributed by atoms with E-state index in [1.54, 1.807) is 7.11 Å². The van der Waals surface area contributed by atoms with Gasteiger partial charge in [-0.25, -0.2) is 0 Å². The van der Waals surface area contributed by atoms with Crippen LogP contribution in [0.15, 0.2) is 4.52 Å². The zero-order valence-corrected chi connectivity index (χ0v) is 11.1. The van der Waals surface area contributed by atoms with Gasteiger partial charge in [0.25, 0.3) is 0 Å². The first-order valence-corrected chi connectivity index (χ1v) is 5.92. The van der Waals surface area contributed by atoms with Crippen molar-refractivity contribution in [2.75, 3.05) is 13.7 Å². The molecule has 0 spiro atoms. The lowest BCUT2D eigenvalue weighted by Crippen LogP contribution is -2.28. The van der Waals surface area contributed by atoms with Gasteiger partial charge in [0, 0.05) is 20.1 Å². The van der Waals surface area contributed by atoms with Crippen LogP contribution in [-0.4, -0.2) is 35.1 Å². The SMILES string of the molecule is COCCCc1noc(CC(O)C(C)(C)C)n1. The molecule has 0 aliphatic rings. The smallest absolute Gasteiger partial charge is 0.229 e. The summed E-state index contributed by atoms with van der Waals surface area (Å²) in [5.74, 6) is 1.18. The minimum absolute atomic E-state index is 0.176. The number of nitrogens with zero attached hydrogens (tertiary/aromatic N) is 2. The minimum Gasteiger partial charge on any atom is -0.392 e. The molecule has 17 heavy (non-hydrogen) atoms. The molecule has 1 heterocycles. The van der Waals surface area contributed by atoms with Crippen LogP contribution in [0.2, 0.25) is 0 Å². The van der Waals surface area contributed by atoms with E-state index >= 15 is 0 Å². The van der Waals surface area contributed by atoms with E-state index < -0.39 is 6.10 Å². The maximum absolute atomic E-state index is 9.91. The highest BCUT2D eigenvalue weighted by atomic mass is 16.5. The Morgan fingerprint density at radius 3 is 2.71 bits per heavy atom. The molecule has 1 aromatic rings. The topological polar surface area (TPSA) is 68.4 Å². The van der Waals surface area contributed by atoms with Gasteiger partial charge in [0.05, 0.1) is 12.5 Å². The fourth-order valence-electron chi connectivity index (χ4n) is 1.32. The third kappa shape index (κ3) is 4.83. The van der Waals surface area contributed by atoms with Gasteiger partial charge in [-0.1, -0.05) is 25.9 Å². The van der Waals surface area contributed by atoms with E-state index in [9.17, 15) is 5.11 Å². The molecule has 0 saturated heterocycles. The number of aliphatic hydroxyl groups excluding tert-OH is 1. The molecule has 1 aromatic heterocycles. The second-order valence-electron chi connectivity index (χ2n) is 5.29. The Kier molecular flexibility index (Phi) is 5.08. The van der Waals surface area contributed by atoms with E-state index in [0.29, 0.717) is 24.7 Å². The lowest BCUT2D eigenvalue weighted by atomic mass is 9.87. The first-order valence-electron chi connectivity index (χ1n) is 5.92. The highest BCUT2D eigenvalue weighted by molar-refractivity contribution is 4.90. The van der Waals surface area contributed by atoms with Crippen LogP contribution in [-0.2, 0) is 17.6 Å². The van der Waals surface area contributed by atoms with Crippen LogP contribution < -0.4 is 0 Å². The van der Waals surface area contributed by atoms with Crippen LogP contribution in [0.5, 0.6) is 0 Å². The van der Waals surface area contributed by atoms with Crippen LogP contribution in [0.1, 0.15) is 38.9 Å². The molecule has 0 aromatic carbocycles. The number of aromatic nitrogens is 2. The third-order valence-corrected chi connectivity index (χ3v) is 2.63. The summed E-state index contributed by atoms with van der Waals surface area (Å²) in [6, 6.07) is 0. The summed E-state index contributed by atoms with van der Waals surface area (Å²) >= 11 is 0. The van der Waals surface area contributed by atoms with Gasteiger partial charge in [-0.05, 0) is 11.8 Å². The van der Waals surface area contributed by atoms with E-state index in [2.05, 4.69) is 10.1 Å². The van der Waals surface area contributed by atoms with E-state index in [-0.39, 0.29) is 5.41 Å². The lowest BCUT2D eigenvalue weighted by Gasteiger charge is -2.24. The first-order chi connectivity index (χ1) is 7.93. The quantitative estimate of drug-likeness (QED) is 0.767. The molecule has 1 unspecified atom stereocenters. The summed E-state index contributed by atoms with van der Waals surface area (Å²) in [5, 5.41) is 13.8. The van der Waals surface area contributed by atoms with Crippen LogP contribution >= 0.6 is 0 Å². The second kappa shape index (κ2) is 6.12. The molecule has 0 amide bonds. The monoisotopic (exact) mass is 242 g/mol. The normalized spacial score (nSPS) is 13.9. The molecule has 0 aliphatic heterocycles. The average Bonchev–Trinajstić information content (AvgIpc) is 2.65. The highest BCUT2D eigenvalue weighted by Crippen LogP contribution is 2.21. The molecule has 5 heteroatoms. The molecule has 0 radical (unpaired) electrons. The number of aryl methyl sites for hydroxylation is 1. The van der Waals surface area contributed by atoms with E-state index in [1.165, 1.54) is 0 Å². The Balaban J connectivity index is 2.45. The Hall–Kier alpha value is -0.940. The van der Waals surface area contributed by atoms with Crippen molar-refractivity contribution in [3.05, 3.63) is 11.7 Å². The number of aliphatic hydroxyl groups is 1. The maximum atomic E-state index is 9.91. The van der Waals surface area contributed by atoms with Crippen molar-refractivity contribution < 1.29 is 14.4 Å². The Morgan fingerprint density at radius 1 is 1.41 bits per heavy atom. The largest absolute Gasteiger partial charge is 0.392 e. The molecule has 1 atom stereocenters. The number of hydrogen-bond acceptors (Lipinski definition) is 5. The van der Waals surface area contributed by atoms with Crippen molar-refractivity contribution in [3.8, 4) is 0 Å². The van der Waals surface area contributed by atoms with Gasteiger partial charge < -0.3 is 14.4 Å². The van der Waals surface area contributed by atoms with Crippen LogP contribution in [0, 0.1) is 5.41 Å². The van der Waals surface area contributed by atoms with Crippen molar-refractivity contribution >= 4 is 0 Å². The van der Waals surface area contributed by atoms with Crippen molar-refractivity contribution in [2.45, 2.75) is 46.1 Å². The van der Waals surface area contributed by atoms with Gasteiger partial charge in [-0.3, -0.25) is 0 Å². The Labute approximate surface area is 102 Å². The predicted molar refractivity (Wildman–Crippen MR) is 63.7 cm³/mol. The number of methoxy groups -OCH3 is 1. The predicted octanol–water partition coefficient (Wildman–Crippen LogP) is 1.60. The molecule has 1 N–H and O–H groups in total. The van der Waals surface area contributed by atoms with Gasteiger partial charge in [-0.2, -0.15) is 4.98 Å². The molecular weight excluding hydrogens is 220 g/mol. The average molecular weight is 242 g/mol. The van der Waals surface area contributed by atoms with Crippen LogP contribution in [0.4, 0.5) is 0 Å². The second-order valence-corrected chi connectivity index (χ2v) is 5.29. The minimum atomic E-state index is -0.477. The number of ether oxygens (including phenoxy) is 1. The first kappa shape index (κ1) is 14.1. The van der Waals surface area contributed by atoms with Gasteiger partial charge in [0.2, 0.25) is 5.89 Å². The fraction of sp³-hybridized carbons (Fsp3) is 0.833. The van der Waals surface area contributed by atoms with Gasteiger partial charge in [0.15, 0.2) is 5.82 Å². The van der Waals surface area contributed by atoms with Gasteiger partial charge in [-0.15, -0.1) is 0 Å². The summed E-state index contributed by atoms with van der Waals surface area (Å²) in [7, 11) is 1.67. The zero-order valence-electron chi connectivity index (χ0n) is 11.1. The molecule has 98 valence electrons. The summed E-state index contributed by atoms with van der Waals surface area (Å²) in [5.41, 5.74) is -0.176. The summed E-state index contributed by atoms with van der Waals surface area (Å²) in [6.45, 7) is 6.63. The summed E-state index contributed by atoms with van der Waals surface area (Å²) in [6.07, 6.45) is 1.54. The van der Waals surface area contributed by atoms with E-state index in [0.717, 1.165) is 12.8 Å². The molecule has 5 nitrogen and oxygen atoms in total. The van der Waals surface area contributed by atoms with Crippen molar-refractivity contribution in [1.82, 2.24) is 10.1 Å². The Morgan fingerprint density at radius 2 is 2.12 bits per heavy atom. The molecule has 0 fully saturated rings. The molecule has 1 rings (SSSR count). The number of rotatable bonds is 6. The van der Waals surface area contributed by atoms with Gasteiger partial charge in [0.1, 0.15) is 0 Å². The maximum Gasteiger partial charge on any atom is 0.229 e. The van der Waals surface area contributed by atoms with E-state index in [4.69, 9.17) is 9.26 Å². The number of hydrogen-bond donors (Lipinski definition) is 1. The molecule has 0 saturated carbocycles. The van der Waals surface area contributed by atoms with Crippen LogP contribution in [0.3, 0.4) is 0 Å². The lowest BCUT2D eigenvalue weighted by molar-refractivity contribution is 0.0565. The summed E-state index contributed by atoms with van der Waals surface area (Å²) in [4.78, 5) is 4.24.